The van der Waals surface area contributed by atoms with Crippen molar-refractivity contribution in [2.45, 2.75) is 44.4 Å². The monoisotopic (exact) mass is 643 g/mol. The molecule has 42 heavy (non-hydrogen) atoms. The zero-order valence-electron chi connectivity index (χ0n) is 23.0. The second-order valence-electron chi connectivity index (χ2n) is 9.91. The summed E-state index contributed by atoms with van der Waals surface area (Å²) in [7, 11) is -4.56. The van der Waals surface area contributed by atoms with Crippen LogP contribution in [0.15, 0.2) is 77.7 Å². The molecule has 0 aliphatic rings. The average Bonchev–Trinajstić information content (AvgIpc) is 2.93. The highest BCUT2D eigenvalue weighted by Gasteiger charge is 2.37. The highest BCUT2D eigenvalue weighted by Crippen LogP contribution is 2.38. The first-order valence-electron chi connectivity index (χ1n) is 12.9. The van der Waals surface area contributed by atoms with E-state index in [4.69, 9.17) is 23.2 Å². The molecule has 0 spiro atoms. The van der Waals surface area contributed by atoms with Gasteiger partial charge in [0.15, 0.2) is 0 Å². The maximum atomic E-state index is 13.9. The van der Waals surface area contributed by atoms with Crippen molar-refractivity contribution < 1.29 is 31.2 Å². The summed E-state index contributed by atoms with van der Waals surface area (Å²) in [5.74, 6) is -1.22. The Balaban J connectivity index is 2.10. The van der Waals surface area contributed by atoms with Gasteiger partial charge in [-0.25, -0.2) is 8.42 Å². The molecule has 3 aromatic rings. The smallest absolute Gasteiger partial charge is 0.354 e. The van der Waals surface area contributed by atoms with Crippen molar-refractivity contribution in [2.24, 2.45) is 5.92 Å². The average molecular weight is 645 g/mol. The lowest BCUT2D eigenvalue weighted by Crippen LogP contribution is -2.51. The fraction of sp³-hybridized carbons (Fsp3) is 0.310. The van der Waals surface area contributed by atoms with E-state index in [9.17, 15) is 31.2 Å². The molecule has 1 N–H and O–H groups in total. The summed E-state index contributed by atoms with van der Waals surface area (Å²) in [5.41, 5.74) is -1.21. The third kappa shape index (κ3) is 8.17. The molecule has 226 valence electrons. The van der Waals surface area contributed by atoms with E-state index >= 15 is 0 Å². The van der Waals surface area contributed by atoms with Gasteiger partial charge in [0.05, 0.1) is 21.2 Å². The highest BCUT2D eigenvalue weighted by molar-refractivity contribution is 7.92. The number of halogens is 5. The molecule has 3 rings (SSSR count). The third-order valence-electron chi connectivity index (χ3n) is 6.30. The van der Waals surface area contributed by atoms with E-state index in [0.29, 0.717) is 27.5 Å². The van der Waals surface area contributed by atoms with Gasteiger partial charge in [-0.1, -0.05) is 73.4 Å². The molecule has 0 heterocycles. The Hall–Kier alpha value is -3.28. The third-order valence-corrected chi connectivity index (χ3v) is 8.79. The van der Waals surface area contributed by atoms with Crippen LogP contribution in [0.4, 0.5) is 18.9 Å². The van der Waals surface area contributed by atoms with Crippen LogP contribution < -0.4 is 9.62 Å². The maximum Gasteiger partial charge on any atom is 0.417 e. The van der Waals surface area contributed by atoms with E-state index in [1.807, 2.05) is 13.8 Å². The number of nitrogens with one attached hydrogen (secondary N) is 1. The lowest BCUT2D eigenvalue weighted by Gasteiger charge is -2.32. The molecule has 0 bridgehead atoms. The first-order valence-corrected chi connectivity index (χ1v) is 15.1. The molecule has 0 radical (unpaired) electrons. The largest absolute Gasteiger partial charge is 0.417 e. The van der Waals surface area contributed by atoms with Crippen LogP contribution in [0, 0.1) is 5.92 Å². The van der Waals surface area contributed by atoms with Crippen LogP contribution in [0.2, 0.25) is 10.0 Å². The summed E-state index contributed by atoms with van der Waals surface area (Å²) in [4.78, 5) is 27.8. The second-order valence-corrected chi connectivity index (χ2v) is 12.6. The van der Waals surface area contributed by atoms with Crippen LogP contribution in [-0.2, 0) is 32.3 Å². The molecule has 3 aromatic carbocycles. The van der Waals surface area contributed by atoms with Gasteiger partial charge in [0.1, 0.15) is 12.6 Å². The lowest BCUT2D eigenvalue weighted by atomic mass is 10.1. The summed E-state index contributed by atoms with van der Waals surface area (Å²) >= 11 is 12.1. The standard InChI is InChI=1S/C29H30Cl2F3N3O4S/c1-19(2)16-35-28(39)20(3)36(17-21-9-7-8-12-25(21)30)27(38)18-37(42(40,41)23-10-5-4-6-11-23)22-13-14-26(31)24(15-22)29(32,33)34/h4-15,19-20H,16-18H2,1-3H3,(H,35,39)/t20-/m0/s1. The van der Waals surface area contributed by atoms with Gasteiger partial charge >= 0.3 is 6.18 Å². The molecule has 0 saturated carbocycles. The molecule has 13 heteroatoms. The van der Waals surface area contributed by atoms with Crippen molar-refractivity contribution in [1.29, 1.82) is 0 Å². The molecule has 0 aliphatic carbocycles. The topological polar surface area (TPSA) is 86.8 Å². The quantitative estimate of drug-likeness (QED) is 0.262. The number of rotatable bonds is 11. The summed E-state index contributed by atoms with van der Waals surface area (Å²) in [6.45, 7) is 4.52. The first-order chi connectivity index (χ1) is 19.6. The van der Waals surface area contributed by atoms with Gasteiger partial charge in [0, 0.05) is 18.1 Å². The van der Waals surface area contributed by atoms with Gasteiger partial charge < -0.3 is 10.2 Å². The first kappa shape index (κ1) is 33.2. The Labute approximate surface area is 253 Å². The number of alkyl halides is 3. The molecular formula is C29H30Cl2F3N3O4S. The fourth-order valence-corrected chi connectivity index (χ4v) is 5.83. The van der Waals surface area contributed by atoms with Gasteiger partial charge in [-0.3, -0.25) is 13.9 Å². The SMILES string of the molecule is CC(C)CNC(=O)[C@H](C)N(Cc1ccccc1Cl)C(=O)CN(c1ccc(Cl)c(C(F)(F)F)c1)S(=O)(=O)c1ccccc1. The van der Waals surface area contributed by atoms with Gasteiger partial charge in [0.25, 0.3) is 10.0 Å². The zero-order chi connectivity index (χ0) is 31.2. The van der Waals surface area contributed by atoms with Crippen LogP contribution >= 0.6 is 23.2 Å². The fourth-order valence-electron chi connectivity index (χ4n) is 3.98. The lowest BCUT2D eigenvalue weighted by molar-refractivity contribution is -0.139. The van der Waals surface area contributed by atoms with Crippen LogP contribution in [0.1, 0.15) is 31.9 Å². The number of amides is 2. The summed E-state index contributed by atoms with van der Waals surface area (Å²) in [5, 5.41) is 2.43. The maximum absolute atomic E-state index is 13.9. The van der Waals surface area contributed by atoms with Crippen molar-refractivity contribution in [3.05, 3.63) is 94.0 Å². The number of hydrogen-bond donors (Lipinski definition) is 1. The number of sulfonamides is 1. The van der Waals surface area contributed by atoms with Gasteiger partial charge in [-0.2, -0.15) is 13.2 Å². The van der Waals surface area contributed by atoms with Crippen LogP contribution in [0.5, 0.6) is 0 Å². The Kier molecular flexibility index (Phi) is 10.9. The predicted molar refractivity (Wildman–Crippen MR) is 157 cm³/mol. The summed E-state index contributed by atoms with van der Waals surface area (Å²) in [6, 6.07) is 15.1. The molecule has 2 amide bonds. The molecule has 0 aliphatic heterocycles. The number of nitrogens with zero attached hydrogens (tertiary/aromatic N) is 2. The number of hydrogen-bond acceptors (Lipinski definition) is 4. The van der Waals surface area contributed by atoms with Crippen LogP contribution in [0.25, 0.3) is 0 Å². The summed E-state index contributed by atoms with van der Waals surface area (Å²) in [6.07, 6.45) is -4.89. The molecule has 0 saturated heterocycles. The second kappa shape index (κ2) is 13.8. The number of carbonyl (C=O) groups excluding carboxylic acids is 2. The number of carbonyl (C=O) groups is 2. The Morgan fingerprint density at radius 3 is 2.12 bits per heavy atom. The van der Waals surface area contributed by atoms with Crippen LogP contribution in [-0.4, -0.2) is 44.3 Å². The van der Waals surface area contributed by atoms with Crippen molar-refractivity contribution in [3.63, 3.8) is 0 Å². The number of anilines is 1. The van der Waals surface area contributed by atoms with E-state index < -0.39 is 56.9 Å². The Morgan fingerprint density at radius 1 is 0.905 bits per heavy atom. The van der Waals surface area contributed by atoms with Gasteiger partial charge in [0.2, 0.25) is 11.8 Å². The van der Waals surface area contributed by atoms with Crippen LogP contribution in [0.3, 0.4) is 0 Å². The minimum absolute atomic E-state index is 0.119. The van der Waals surface area contributed by atoms with E-state index in [0.717, 1.165) is 17.0 Å². The Bertz CT molecular complexity index is 1520. The van der Waals surface area contributed by atoms with Gasteiger partial charge in [-0.05, 0) is 54.8 Å². The van der Waals surface area contributed by atoms with E-state index in [-0.39, 0.29) is 17.4 Å². The van der Waals surface area contributed by atoms with Crippen molar-refractivity contribution in [3.8, 4) is 0 Å². The number of benzene rings is 3. The van der Waals surface area contributed by atoms with E-state index in [1.165, 1.54) is 31.2 Å². The molecule has 0 unspecified atom stereocenters. The van der Waals surface area contributed by atoms with Crippen molar-refractivity contribution in [1.82, 2.24) is 10.2 Å². The highest BCUT2D eigenvalue weighted by atomic mass is 35.5. The van der Waals surface area contributed by atoms with E-state index in [2.05, 4.69) is 5.32 Å². The molecule has 7 nitrogen and oxygen atoms in total. The minimum Gasteiger partial charge on any atom is -0.354 e. The van der Waals surface area contributed by atoms with E-state index in [1.54, 1.807) is 30.3 Å². The van der Waals surface area contributed by atoms with Crippen molar-refractivity contribution >= 4 is 50.7 Å². The molecule has 1 atom stereocenters. The molecule has 0 fully saturated rings. The molecular weight excluding hydrogens is 614 g/mol. The van der Waals surface area contributed by atoms with Gasteiger partial charge in [-0.15, -0.1) is 0 Å². The summed E-state index contributed by atoms with van der Waals surface area (Å²) < 4.78 is 69.3. The normalized spacial score (nSPS) is 12.6. The minimum atomic E-state index is -4.89. The Morgan fingerprint density at radius 2 is 1.52 bits per heavy atom. The zero-order valence-corrected chi connectivity index (χ0v) is 25.4. The molecule has 0 aromatic heterocycles. The van der Waals surface area contributed by atoms with Crippen molar-refractivity contribution in [2.75, 3.05) is 17.4 Å². The predicted octanol–water partition coefficient (Wildman–Crippen LogP) is 6.40.